The molecule has 0 fully saturated rings. The van der Waals surface area contributed by atoms with Crippen LogP contribution in [0.15, 0.2) is 84.9 Å². The molecular formula is C26H21N. The molecule has 5 rings (SSSR count). The van der Waals surface area contributed by atoms with Gasteiger partial charge in [-0.25, -0.2) is 0 Å². The molecule has 0 saturated carbocycles. The van der Waals surface area contributed by atoms with Gasteiger partial charge in [0.05, 0.1) is 0 Å². The Morgan fingerprint density at radius 1 is 0.481 bits per heavy atom. The summed E-state index contributed by atoms with van der Waals surface area (Å²) in [5, 5.41) is 2.55. The third kappa shape index (κ3) is 2.82. The Hall–Kier alpha value is -3.32. The smallest absolute Gasteiger partial charge is 0.0465 e. The second-order valence-electron chi connectivity index (χ2n) is 7.38. The van der Waals surface area contributed by atoms with Gasteiger partial charge in [-0.2, -0.15) is 0 Å². The topological polar surface area (TPSA) is 15.8 Å². The van der Waals surface area contributed by atoms with E-state index in [0.29, 0.717) is 0 Å². The number of aromatic nitrogens is 1. The Labute approximate surface area is 159 Å². The molecule has 4 aromatic carbocycles. The largest absolute Gasteiger partial charge is 0.355 e. The van der Waals surface area contributed by atoms with E-state index >= 15 is 0 Å². The molecule has 0 aliphatic heterocycles. The first-order valence-corrected chi connectivity index (χ1v) is 9.37. The summed E-state index contributed by atoms with van der Waals surface area (Å²) in [6.45, 7) is 4.28. The number of benzene rings is 4. The standard InChI is InChI=1S/C26H21N/c1-17-5-3-7-19(13-17)21-9-11-25-23(15-21)24-16-22(10-12-26(24)27-25)20-8-4-6-18(2)14-20/h3-16,27H,1-2H3. The van der Waals surface area contributed by atoms with Crippen molar-refractivity contribution in [2.75, 3.05) is 0 Å². The highest BCUT2D eigenvalue weighted by molar-refractivity contribution is 6.09. The van der Waals surface area contributed by atoms with E-state index in [1.165, 1.54) is 55.2 Å². The maximum atomic E-state index is 3.56. The average Bonchev–Trinajstić information content (AvgIpc) is 3.05. The second kappa shape index (κ2) is 6.14. The molecule has 0 bridgehead atoms. The first kappa shape index (κ1) is 15.9. The van der Waals surface area contributed by atoms with Gasteiger partial charge in [-0.05, 0) is 60.4 Å². The highest BCUT2D eigenvalue weighted by Gasteiger charge is 2.08. The summed E-state index contributed by atoms with van der Waals surface area (Å²) in [5.74, 6) is 0. The lowest BCUT2D eigenvalue weighted by atomic mass is 9.99. The van der Waals surface area contributed by atoms with Gasteiger partial charge < -0.3 is 4.98 Å². The molecule has 1 aromatic heterocycles. The lowest BCUT2D eigenvalue weighted by Gasteiger charge is -2.05. The normalized spacial score (nSPS) is 11.3. The third-order valence-electron chi connectivity index (χ3n) is 5.30. The SMILES string of the molecule is Cc1cccc(-c2ccc3[nH]c4ccc(-c5cccc(C)c5)cc4c3c2)c1. The molecule has 0 spiro atoms. The highest BCUT2D eigenvalue weighted by Crippen LogP contribution is 2.33. The van der Waals surface area contributed by atoms with Crippen molar-refractivity contribution < 1.29 is 0 Å². The molecule has 1 heteroatoms. The van der Waals surface area contributed by atoms with E-state index in [2.05, 4.69) is 104 Å². The van der Waals surface area contributed by atoms with Gasteiger partial charge in [0.2, 0.25) is 0 Å². The molecule has 27 heavy (non-hydrogen) atoms. The lowest BCUT2D eigenvalue weighted by molar-refractivity contribution is 1.47. The summed E-state index contributed by atoms with van der Waals surface area (Å²) in [4.78, 5) is 3.56. The Kier molecular flexibility index (Phi) is 3.61. The number of hydrogen-bond donors (Lipinski definition) is 1. The molecule has 1 heterocycles. The van der Waals surface area contributed by atoms with Crippen LogP contribution in [0, 0.1) is 13.8 Å². The van der Waals surface area contributed by atoms with E-state index in [1.54, 1.807) is 0 Å². The van der Waals surface area contributed by atoms with E-state index in [9.17, 15) is 0 Å². The summed E-state index contributed by atoms with van der Waals surface area (Å²) < 4.78 is 0. The third-order valence-corrected chi connectivity index (χ3v) is 5.30. The molecular weight excluding hydrogens is 326 g/mol. The van der Waals surface area contributed by atoms with Crippen molar-refractivity contribution >= 4 is 21.8 Å². The molecule has 0 radical (unpaired) electrons. The van der Waals surface area contributed by atoms with Crippen LogP contribution in [0.4, 0.5) is 0 Å². The van der Waals surface area contributed by atoms with Crippen molar-refractivity contribution in [2.24, 2.45) is 0 Å². The lowest BCUT2D eigenvalue weighted by Crippen LogP contribution is -1.80. The number of rotatable bonds is 2. The maximum absolute atomic E-state index is 3.56. The van der Waals surface area contributed by atoms with Crippen LogP contribution in [0.5, 0.6) is 0 Å². The Balaban J connectivity index is 1.71. The maximum Gasteiger partial charge on any atom is 0.0465 e. The van der Waals surface area contributed by atoms with Crippen molar-refractivity contribution in [3.8, 4) is 22.3 Å². The van der Waals surface area contributed by atoms with Crippen LogP contribution in [-0.2, 0) is 0 Å². The highest BCUT2D eigenvalue weighted by atomic mass is 14.7. The van der Waals surface area contributed by atoms with Gasteiger partial charge in [-0.3, -0.25) is 0 Å². The molecule has 0 aliphatic rings. The fourth-order valence-corrected chi connectivity index (χ4v) is 3.91. The number of fused-ring (bicyclic) bond motifs is 3. The number of nitrogens with one attached hydrogen (secondary N) is 1. The van der Waals surface area contributed by atoms with Crippen LogP contribution in [0.25, 0.3) is 44.1 Å². The van der Waals surface area contributed by atoms with Gasteiger partial charge in [-0.15, -0.1) is 0 Å². The fourth-order valence-electron chi connectivity index (χ4n) is 3.91. The van der Waals surface area contributed by atoms with Crippen molar-refractivity contribution in [3.05, 3.63) is 96.1 Å². The van der Waals surface area contributed by atoms with Gasteiger partial charge in [0.25, 0.3) is 0 Å². The van der Waals surface area contributed by atoms with E-state index in [4.69, 9.17) is 0 Å². The number of hydrogen-bond acceptors (Lipinski definition) is 0. The van der Waals surface area contributed by atoms with E-state index in [0.717, 1.165) is 0 Å². The Bertz CT molecular complexity index is 1190. The molecule has 0 unspecified atom stereocenters. The van der Waals surface area contributed by atoms with Crippen LogP contribution in [-0.4, -0.2) is 4.98 Å². The zero-order valence-electron chi connectivity index (χ0n) is 15.6. The molecule has 0 atom stereocenters. The van der Waals surface area contributed by atoms with Crippen molar-refractivity contribution in [1.29, 1.82) is 0 Å². The minimum absolute atomic E-state index is 1.18. The van der Waals surface area contributed by atoms with Crippen molar-refractivity contribution in [3.63, 3.8) is 0 Å². The zero-order valence-corrected chi connectivity index (χ0v) is 15.6. The number of H-pyrrole nitrogens is 1. The number of aromatic amines is 1. The predicted molar refractivity (Wildman–Crippen MR) is 116 cm³/mol. The summed E-state index contributed by atoms with van der Waals surface area (Å²) in [7, 11) is 0. The molecule has 0 aliphatic carbocycles. The second-order valence-corrected chi connectivity index (χ2v) is 7.38. The van der Waals surface area contributed by atoms with Gasteiger partial charge in [0.1, 0.15) is 0 Å². The first-order chi connectivity index (χ1) is 13.2. The Morgan fingerprint density at radius 2 is 0.926 bits per heavy atom. The summed E-state index contributed by atoms with van der Waals surface area (Å²) in [6, 6.07) is 30.8. The fraction of sp³-hybridized carbons (Fsp3) is 0.0769. The van der Waals surface area contributed by atoms with Gasteiger partial charge in [0.15, 0.2) is 0 Å². The quantitative estimate of drug-likeness (QED) is 0.345. The van der Waals surface area contributed by atoms with Crippen LogP contribution in [0.3, 0.4) is 0 Å². The van der Waals surface area contributed by atoms with Gasteiger partial charge >= 0.3 is 0 Å². The average molecular weight is 347 g/mol. The molecule has 1 nitrogen and oxygen atoms in total. The molecule has 0 saturated heterocycles. The summed E-state index contributed by atoms with van der Waals surface area (Å²) in [6.07, 6.45) is 0. The van der Waals surface area contributed by atoms with Gasteiger partial charge in [0, 0.05) is 21.8 Å². The van der Waals surface area contributed by atoms with Crippen molar-refractivity contribution in [1.82, 2.24) is 4.98 Å². The minimum atomic E-state index is 1.18. The van der Waals surface area contributed by atoms with Crippen LogP contribution in [0.1, 0.15) is 11.1 Å². The van der Waals surface area contributed by atoms with E-state index < -0.39 is 0 Å². The number of aryl methyl sites for hydroxylation is 2. The van der Waals surface area contributed by atoms with Crippen LogP contribution < -0.4 is 0 Å². The predicted octanol–water partition coefficient (Wildman–Crippen LogP) is 7.27. The van der Waals surface area contributed by atoms with E-state index in [-0.39, 0.29) is 0 Å². The van der Waals surface area contributed by atoms with E-state index in [1.807, 2.05) is 0 Å². The first-order valence-electron chi connectivity index (χ1n) is 9.37. The molecule has 1 N–H and O–H groups in total. The molecule has 5 aromatic rings. The summed E-state index contributed by atoms with van der Waals surface area (Å²) >= 11 is 0. The minimum Gasteiger partial charge on any atom is -0.355 e. The van der Waals surface area contributed by atoms with Gasteiger partial charge in [-0.1, -0.05) is 71.8 Å². The Morgan fingerprint density at radius 3 is 1.37 bits per heavy atom. The van der Waals surface area contributed by atoms with Crippen LogP contribution in [0.2, 0.25) is 0 Å². The molecule has 0 amide bonds. The van der Waals surface area contributed by atoms with Crippen LogP contribution >= 0.6 is 0 Å². The monoisotopic (exact) mass is 347 g/mol. The molecule has 130 valence electrons. The van der Waals surface area contributed by atoms with Crippen molar-refractivity contribution in [2.45, 2.75) is 13.8 Å². The zero-order chi connectivity index (χ0) is 18.4. The summed E-state index contributed by atoms with van der Waals surface area (Å²) in [5.41, 5.74) is 9.98.